The fraction of sp³-hybridized carbons (Fsp3) is 0.250. The first-order valence-corrected chi connectivity index (χ1v) is 4.91. The lowest BCUT2D eigenvalue weighted by Gasteiger charge is -2.13. The molecule has 0 unspecified atom stereocenters. The maximum atomic E-state index is 12.3. The number of hydrogen-bond donors (Lipinski definition) is 0. The second-order valence-corrected chi connectivity index (χ2v) is 3.68. The van der Waals surface area contributed by atoms with E-state index in [0.717, 1.165) is 6.20 Å². The Kier molecular flexibility index (Phi) is 4.05. The first-order valence-electron chi connectivity index (χ1n) is 3.83. The van der Waals surface area contributed by atoms with E-state index >= 15 is 0 Å². The number of nitrogens with zero attached hydrogens (tertiary/aromatic N) is 1. The van der Waals surface area contributed by atoms with Gasteiger partial charge in [0.2, 0.25) is 0 Å². The molecule has 1 aromatic rings. The van der Waals surface area contributed by atoms with E-state index in [1.54, 1.807) is 0 Å². The van der Waals surface area contributed by atoms with Gasteiger partial charge in [-0.2, -0.15) is 0 Å². The SMILES string of the molecule is O=Cc1cnc(CF)c(I)c1OC(F)(F)F. The van der Waals surface area contributed by atoms with Crippen LogP contribution in [0.4, 0.5) is 17.6 Å². The third kappa shape index (κ3) is 3.03. The largest absolute Gasteiger partial charge is 0.573 e. The van der Waals surface area contributed by atoms with Gasteiger partial charge in [-0.25, -0.2) is 4.39 Å². The lowest BCUT2D eigenvalue weighted by Crippen LogP contribution is -2.19. The maximum Gasteiger partial charge on any atom is 0.573 e. The summed E-state index contributed by atoms with van der Waals surface area (Å²) in [6.07, 6.45) is -3.93. The summed E-state index contributed by atoms with van der Waals surface area (Å²) in [6.45, 7) is -1.04. The molecule has 1 aromatic heterocycles. The summed E-state index contributed by atoms with van der Waals surface area (Å²) in [5.41, 5.74) is -0.579. The van der Waals surface area contributed by atoms with Gasteiger partial charge in [-0.1, -0.05) is 0 Å². The summed E-state index contributed by atoms with van der Waals surface area (Å²) in [5.74, 6) is -0.717. The molecule has 1 rings (SSSR count). The summed E-state index contributed by atoms with van der Waals surface area (Å²) in [7, 11) is 0. The molecule has 1 heterocycles. The molecule has 0 N–H and O–H groups in total. The minimum absolute atomic E-state index is 0.165. The molecule has 0 fully saturated rings. The van der Waals surface area contributed by atoms with Gasteiger partial charge in [0, 0.05) is 6.20 Å². The number of aldehydes is 1. The number of pyridine rings is 1. The predicted octanol–water partition coefficient (Wildman–Crippen LogP) is 2.87. The number of hydrogen-bond acceptors (Lipinski definition) is 3. The lowest BCUT2D eigenvalue weighted by molar-refractivity contribution is -0.275. The highest BCUT2D eigenvalue weighted by molar-refractivity contribution is 14.1. The Morgan fingerprint density at radius 3 is 2.56 bits per heavy atom. The molecule has 0 aliphatic heterocycles. The number of halogens is 5. The van der Waals surface area contributed by atoms with Crippen LogP contribution in [0.5, 0.6) is 5.75 Å². The Balaban J connectivity index is 3.26. The van der Waals surface area contributed by atoms with Gasteiger partial charge in [0.15, 0.2) is 12.0 Å². The fourth-order valence-corrected chi connectivity index (χ4v) is 1.62. The molecule has 0 bridgehead atoms. The third-order valence-electron chi connectivity index (χ3n) is 1.55. The Morgan fingerprint density at radius 1 is 1.50 bits per heavy atom. The standard InChI is InChI=1S/C8H4F4INO2/c9-1-5-6(13)7(16-8(10,11)12)4(3-15)2-14-5/h2-3H,1H2. The smallest absolute Gasteiger partial charge is 0.404 e. The van der Waals surface area contributed by atoms with Gasteiger partial charge in [0.05, 0.1) is 14.8 Å². The first-order chi connectivity index (χ1) is 7.39. The van der Waals surface area contributed by atoms with E-state index < -0.39 is 18.8 Å². The summed E-state index contributed by atoms with van der Waals surface area (Å²) in [5, 5.41) is 0. The first kappa shape index (κ1) is 13.1. The molecular formula is C8H4F4INO2. The van der Waals surface area contributed by atoms with Crippen LogP contribution in [0.2, 0.25) is 0 Å². The fourth-order valence-electron chi connectivity index (χ4n) is 0.917. The van der Waals surface area contributed by atoms with Crippen LogP contribution >= 0.6 is 22.6 Å². The van der Waals surface area contributed by atoms with Crippen molar-refractivity contribution in [2.75, 3.05) is 0 Å². The zero-order chi connectivity index (χ0) is 12.3. The summed E-state index contributed by atoms with van der Waals surface area (Å²) >= 11 is 1.44. The highest BCUT2D eigenvalue weighted by Crippen LogP contribution is 2.31. The van der Waals surface area contributed by atoms with E-state index in [1.165, 1.54) is 22.6 Å². The molecule has 8 heteroatoms. The van der Waals surface area contributed by atoms with Crippen molar-refractivity contribution in [3.05, 3.63) is 21.0 Å². The van der Waals surface area contributed by atoms with Crippen molar-refractivity contribution in [3.63, 3.8) is 0 Å². The average molecular weight is 349 g/mol. The zero-order valence-corrected chi connectivity index (χ0v) is 9.67. The molecule has 0 aliphatic rings. The minimum atomic E-state index is -4.94. The monoisotopic (exact) mass is 349 g/mol. The zero-order valence-electron chi connectivity index (χ0n) is 7.52. The maximum absolute atomic E-state index is 12.3. The molecule has 0 saturated heterocycles. The van der Waals surface area contributed by atoms with Crippen molar-refractivity contribution in [2.45, 2.75) is 13.0 Å². The van der Waals surface area contributed by atoms with E-state index in [-0.39, 0.29) is 21.1 Å². The quantitative estimate of drug-likeness (QED) is 0.479. The Labute approximate surface area is 101 Å². The lowest BCUT2D eigenvalue weighted by atomic mass is 10.2. The van der Waals surface area contributed by atoms with Gasteiger partial charge in [-0.3, -0.25) is 9.78 Å². The molecule has 0 radical (unpaired) electrons. The van der Waals surface area contributed by atoms with Gasteiger partial charge in [-0.05, 0) is 22.6 Å². The summed E-state index contributed by atoms with van der Waals surface area (Å²) in [4.78, 5) is 14.0. The van der Waals surface area contributed by atoms with Crippen LogP contribution in [-0.4, -0.2) is 17.6 Å². The van der Waals surface area contributed by atoms with Crippen LogP contribution in [0.3, 0.4) is 0 Å². The van der Waals surface area contributed by atoms with E-state index in [2.05, 4.69) is 9.72 Å². The van der Waals surface area contributed by atoms with Crippen molar-refractivity contribution in [2.24, 2.45) is 0 Å². The number of alkyl halides is 4. The summed E-state index contributed by atoms with van der Waals surface area (Å²) in [6, 6.07) is 0. The van der Waals surface area contributed by atoms with Gasteiger partial charge < -0.3 is 4.74 Å². The predicted molar refractivity (Wildman–Crippen MR) is 53.8 cm³/mol. The number of carbonyl (C=O) groups is 1. The van der Waals surface area contributed by atoms with E-state index in [4.69, 9.17) is 0 Å². The van der Waals surface area contributed by atoms with Crippen molar-refractivity contribution in [1.29, 1.82) is 0 Å². The molecule has 0 saturated carbocycles. The second kappa shape index (κ2) is 4.93. The van der Waals surface area contributed by atoms with Crippen molar-refractivity contribution in [1.82, 2.24) is 4.98 Å². The topological polar surface area (TPSA) is 39.2 Å². The molecule has 0 amide bonds. The van der Waals surface area contributed by atoms with Gasteiger partial charge in [0.1, 0.15) is 6.67 Å². The molecule has 0 spiro atoms. The Morgan fingerprint density at radius 2 is 2.12 bits per heavy atom. The highest BCUT2D eigenvalue weighted by Gasteiger charge is 2.33. The van der Waals surface area contributed by atoms with Crippen molar-refractivity contribution >= 4 is 28.9 Å². The van der Waals surface area contributed by atoms with Crippen LogP contribution < -0.4 is 4.74 Å². The molecule has 0 atom stereocenters. The number of rotatable bonds is 3. The van der Waals surface area contributed by atoms with Crippen LogP contribution in [0.15, 0.2) is 6.20 Å². The van der Waals surface area contributed by atoms with Crippen LogP contribution in [0.25, 0.3) is 0 Å². The van der Waals surface area contributed by atoms with E-state index in [1.807, 2.05) is 0 Å². The van der Waals surface area contributed by atoms with E-state index in [9.17, 15) is 22.4 Å². The third-order valence-corrected chi connectivity index (χ3v) is 2.66. The van der Waals surface area contributed by atoms with Crippen LogP contribution in [-0.2, 0) is 6.67 Å². The van der Waals surface area contributed by atoms with Gasteiger partial charge >= 0.3 is 6.36 Å². The van der Waals surface area contributed by atoms with Crippen LogP contribution in [0.1, 0.15) is 16.1 Å². The van der Waals surface area contributed by atoms with Crippen molar-refractivity contribution < 1.29 is 27.1 Å². The number of aromatic nitrogens is 1. The minimum Gasteiger partial charge on any atom is -0.404 e. The molecule has 0 aliphatic carbocycles. The molecule has 88 valence electrons. The number of carbonyl (C=O) groups excluding carboxylic acids is 1. The molecule has 3 nitrogen and oxygen atoms in total. The van der Waals surface area contributed by atoms with Gasteiger partial charge in [0.25, 0.3) is 0 Å². The Bertz CT molecular complexity index is 408. The van der Waals surface area contributed by atoms with Crippen molar-refractivity contribution in [3.8, 4) is 5.75 Å². The van der Waals surface area contributed by atoms with Crippen LogP contribution in [0, 0.1) is 3.57 Å². The second-order valence-electron chi connectivity index (χ2n) is 2.60. The summed E-state index contributed by atoms with van der Waals surface area (Å²) < 4.78 is 51.9. The Hall–Kier alpha value is -0.930. The molecular weight excluding hydrogens is 345 g/mol. The average Bonchev–Trinajstić information content (AvgIpc) is 2.19. The normalized spacial score (nSPS) is 11.3. The van der Waals surface area contributed by atoms with Gasteiger partial charge in [-0.15, -0.1) is 13.2 Å². The van der Waals surface area contributed by atoms with E-state index in [0.29, 0.717) is 0 Å². The highest BCUT2D eigenvalue weighted by atomic mass is 127. The number of ether oxygens (including phenoxy) is 1. The molecule has 0 aromatic carbocycles. The molecule has 16 heavy (non-hydrogen) atoms.